The summed E-state index contributed by atoms with van der Waals surface area (Å²) in [6.45, 7) is 4.45. The molecule has 3 heterocycles. The number of nitrogens with one attached hydrogen (secondary N) is 2. The first-order chi connectivity index (χ1) is 15.3. The van der Waals surface area contributed by atoms with Gasteiger partial charge in [-0.3, -0.25) is 19.3 Å². The number of hydrogen-bond acceptors (Lipinski definition) is 6. The molecular formula is C22H31N5O5. The van der Waals surface area contributed by atoms with Crippen LogP contribution in [0.4, 0.5) is 10.6 Å². The van der Waals surface area contributed by atoms with Crippen LogP contribution in [0, 0.1) is 18.8 Å². The van der Waals surface area contributed by atoms with Gasteiger partial charge in [-0.1, -0.05) is 18.5 Å². The van der Waals surface area contributed by atoms with Crippen LogP contribution in [0.5, 0.6) is 0 Å². The van der Waals surface area contributed by atoms with Crippen LogP contribution in [-0.2, 0) is 14.4 Å². The minimum atomic E-state index is -0.840. The smallest absolute Gasteiger partial charge is 0.325 e. The van der Waals surface area contributed by atoms with E-state index in [4.69, 9.17) is 4.52 Å². The summed E-state index contributed by atoms with van der Waals surface area (Å²) in [5.74, 6) is 0.663. The standard InChI is InChI=1S/C22H31N5O5/c1-3-15-4-8-22(9-5-15)20(30)27(21(31)24-22)13-18(28)26-10-6-16(7-11-26)19(29)23-17-12-14(2)32-25-17/h12,15-16H,3-11,13H2,1-2H3,(H,24,31)(H,23,25,29). The fourth-order valence-electron chi connectivity index (χ4n) is 5.02. The number of piperidine rings is 1. The second-order valence-electron chi connectivity index (χ2n) is 9.22. The zero-order valence-corrected chi connectivity index (χ0v) is 18.7. The molecule has 2 aliphatic heterocycles. The molecule has 3 fully saturated rings. The Morgan fingerprint density at radius 1 is 1.22 bits per heavy atom. The van der Waals surface area contributed by atoms with Crippen molar-refractivity contribution < 1.29 is 23.7 Å². The highest BCUT2D eigenvalue weighted by Crippen LogP contribution is 2.37. The van der Waals surface area contributed by atoms with Crippen molar-refractivity contribution in [2.75, 3.05) is 25.0 Å². The Morgan fingerprint density at radius 2 is 1.91 bits per heavy atom. The highest BCUT2D eigenvalue weighted by molar-refractivity contribution is 6.09. The highest BCUT2D eigenvalue weighted by atomic mass is 16.5. The molecule has 0 unspecified atom stereocenters. The lowest BCUT2D eigenvalue weighted by Crippen LogP contribution is -2.50. The molecule has 0 bridgehead atoms. The van der Waals surface area contributed by atoms with Gasteiger partial charge >= 0.3 is 6.03 Å². The first-order valence-electron chi connectivity index (χ1n) is 11.5. The third-order valence-electron chi connectivity index (χ3n) is 7.17. The molecule has 2 saturated heterocycles. The van der Waals surface area contributed by atoms with Gasteiger partial charge < -0.3 is 20.1 Å². The van der Waals surface area contributed by atoms with Crippen molar-refractivity contribution in [3.05, 3.63) is 11.8 Å². The van der Waals surface area contributed by atoms with E-state index in [9.17, 15) is 19.2 Å². The molecule has 0 aromatic carbocycles. The van der Waals surface area contributed by atoms with Gasteiger partial charge in [0, 0.05) is 25.1 Å². The molecular weight excluding hydrogens is 414 g/mol. The van der Waals surface area contributed by atoms with E-state index in [1.54, 1.807) is 17.9 Å². The first kappa shape index (κ1) is 22.3. The predicted octanol–water partition coefficient (Wildman–Crippen LogP) is 2.05. The van der Waals surface area contributed by atoms with Crippen LogP contribution in [0.2, 0.25) is 0 Å². The van der Waals surface area contributed by atoms with Gasteiger partial charge in [0.25, 0.3) is 5.91 Å². The average molecular weight is 446 g/mol. The van der Waals surface area contributed by atoms with Crippen molar-refractivity contribution >= 4 is 29.6 Å². The molecule has 1 aliphatic carbocycles. The lowest BCUT2D eigenvalue weighted by atomic mass is 9.75. The third kappa shape index (κ3) is 4.35. The average Bonchev–Trinajstić information content (AvgIpc) is 3.30. The summed E-state index contributed by atoms with van der Waals surface area (Å²) in [4.78, 5) is 53.5. The summed E-state index contributed by atoms with van der Waals surface area (Å²) < 4.78 is 4.95. The van der Waals surface area contributed by atoms with Crippen molar-refractivity contribution in [2.24, 2.45) is 11.8 Å². The van der Waals surface area contributed by atoms with Gasteiger partial charge in [0.05, 0.1) is 0 Å². The Balaban J connectivity index is 1.28. The number of carbonyl (C=O) groups excluding carboxylic acids is 4. The summed E-state index contributed by atoms with van der Waals surface area (Å²) in [5, 5.41) is 9.37. The number of rotatable bonds is 5. The van der Waals surface area contributed by atoms with E-state index in [2.05, 4.69) is 22.7 Å². The molecule has 10 nitrogen and oxygen atoms in total. The summed E-state index contributed by atoms with van der Waals surface area (Å²) in [6, 6.07) is 1.17. The third-order valence-corrected chi connectivity index (χ3v) is 7.17. The van der Waals surface area contributed by atoms with Crippen LogP contribution in [0.25, 0.3) is 0 Å². The maximum Gasteiger partial charge on any atom is 0.325 e. The monoisotopic (exact) mass is 445 g/mol. The van der Waals surface area contributed by atoms with Crippen molar-refractivity contribution in [3.8, 4) is 0 Å². The number of aryl methyl sites for hydroxylation is 1. The molecule has 0 atom stereocenters. The topological polar surface area (TPSA) is 125 Å². The molecule has 32 heavy (non-hydrogen) atoms. The lowest BCUT2D eigenvalue weighted by molar-refractivity contribution is -0.140. The highest BCUT2D eigenvalue weighted by Gasteiger charge is 2.52. The second kappa shape index (κ2) is 8.91. The summed E-state index contributed by atoms with van der Waals surface area (Å²) >= 11 is 0. The maximum atomic E-state index is 13.0. The fourth-order valence-corrected chi connectivity index (χ4v) is 5.02. The molecule has 0 radical (unpaired) electrons. The van der Waals surface area contributed by atoms with E-state index in [1.165, 1.54) is 0 Å². The van der Waals surface area contributed by atoms with E-state index in [-0.39, 0.29) is 30.2 Å². The largest absolute Gasteiger partial charge is 0.360 e. The van der Waals surface area contributed by atoms with Crippen LogP contribution in [0.3, 0.4) is 0 Å². The number of imide groups is 1. The van der Waals surface area contributed by atoms with Crippen LogP contribution in [0.1, 0.15) is 57.6 Å². The van der Waals surface area contributed by atoms with Gasteiger partial charge in [-0.05, 0) is 51.4 Å². The van der Waals surface area contributed by atoms with Gasteiger partial charge in [0.15, 0.2) is 5.82 Å². The lowest BCUT2D eigenvalue weighted by Gasteiger charge is -2.35. The molecule has 1 aromatic heterocycles. The molecule has 5 amide bonds. The Hall–Kier alpha value is -2.91. The molecule has 174 valence electrons. The molecule has 4 rings (SSSR count). The minimum Gasteiger partial charge on any atom is -0.360 e. The van der Waals surface area contributed by atoms with Crippen molar-refractivity contribution in [1.82, 2.24) is 20.3 Å². The predicted molar refractivity (Wildman–Crippen MR) is 114 cm³/mol. The molecule has 2 N–H and O–H groups in total. The van der Waals surface area contributed by atoms with E-state index in [0.29, 0.717) is 56.3 Å². The Morgan fingerprint density at radius 3 is 2.50 bits per heavy atom. The molecule has 1 saturated carbocycles. The zero-order chi connectivity index (χ0) is 22.9. The first-order valence-corrected chi connectivity index (χ1v) is 11.5. The Kier molecular flexibility index (Phi) is 6.21. The molecule has 10 heteroatoms. The van der Waals surface area contributed by atoms with Crippen LogP contribution >= 0.6 is 0 Å². The molecule has 1 aromatic rings. The SMILES string of the molecule is CCC1CCC2(CC1)NC(=O)N(CC(=O)N1CCC(C(=O)Nc3cc(C)on3)CC1)C2=O. The Labute approximate surface area is 187 Å². The van der Waals surface area contributed by atoms with Crippen molar-refractivity contribution in [1.29, 1.82) is 0 Å². The van der Waals surface area contributed by atoms with Crippen molar-refractivity contribution in [2.45, 2.75) is 64.3 Å². The summed E-state index contributed by atoms with van der Waals surface area (Å²) in [7, 11) is 0. The van der Waals surface area contributed by atoms with Gasteiger partial charge in [-0.15, -0.1) is 0 Å². The second-order valence-corrected chi connectivity index (χ2v) is 9.22. The number of anilines is 1. The number of aromatic nitrogens is 1. The Bertz CT molecular complexity index is 896. The van der Waals surface area contributed by atoms with Crippen molar-refractivity contribution in [3.63, 3.8) is 0 Å². The van der Waals surface area contributed by atoms with Crippen LogP contribution in [-0.4, -0.2) is 63.9 Å². The minimum absolute atomic E-state index is 0.149. The number of likely N-dealkylation sites (tertiary alicyclic amines) is 1. The van der Waals surface area contributed by atoms with E-state index < -0.39 is 11.6 Å². The van der Waals surface area contributed by atoms with Gasteiger partial charge in [-0.25, -0.2) is 4.79 Å². The number of nitrogens with zero attached hydrogens (tertiary/aromatic N) is 3. The fraction of sp³-hybridized carbons (Fsp3) is 0.682. The number of hydrogen-bond donors (Lipinski definition) is 2. The van der Waals surface area contributed by atoms with E-state index >= 15 is 0 Å². The number of carbonyl (C=O) groups is 4. The molecule has 1 spiro atoms. The number of urea groups is 1. The van der Waals surface area contributed by atoms with Crippen LogP contribution in [0.15, 0.2) is 10.6 Å². The quantitative estimate of drug-likeness (QED) is 0.669. The van der Waals surface area contributed by atoms with E-state index in [1.807, 2.05) is 0 Å². The summed E-state index contributed by atoms with van der Waals surface area (Å²) in [5.41, 5.74) is -0.840. The zero-order valence-electron chi connectivity index (χ0n) is 18.7. The van der Waals surface area contributed by atoms with Crippen LogP contribution < -0.4 is 10.6 Å². The summed E-state index contributed by atoms with van der Waals surface area (Å²) in [6.07, 6.45) is 5.18. The normalized spacial score (nSPS) is 26.5. The number of amides is 5. The van der Waals surface area contributed by atoms with Gasteiger partial charge in [-0.2, -0.15) is 0 Å². The van der Waals surface area contributed by atoms with Gasteiger partial charge in [0.1, 0.15) is 17.8 Å². The maximum absolute atomic E-state index is 13.0. The molecule has 3 aliphatic rings. The van der Waals surface area contributed by atoms with Gasteiger partial charge in [0.2, 0.25) is 11.8 Å². The van der Waals surface area contributed by atoms with E-state index in [0.717, 1.165) is 24.2 Å².